The van der Waals surface area contributed by atoms with Gasteiger partial charge in [-0.3, -0.25) is 0 Å². The summed E-state index contributed by atoms with van der Waals surface area (Å²) in [5, 5.41) is 10.9. The molecule has 5 aliphatic carbocycles. The number of hydrogen-bond donors (Lipinski definition) is 1. The van der Waals surface area contributed by atoms with E-state index in [1.807, 2.05) is 5.57 Å². The van der Waals surface area contributed by atoms with Gasteiger partial charge in [0.1, 0.15) is 0 Å². The standard InChI is InChI=1S/C30H50O/c1-19-11-14-27(5)17-18-29(7)21(25(27)20(19)2)9-10-23-28(6)15-13-24(31)26(3,4)22(28)12-16-30(23,29)8/h9,19-20,22-25,31H,10-18H2,1-8H3/t19-,20+,22+,23+,24+,25+,27-,28+,29-,30-/m1/s1. The van der Waals surface area contributed by atoms with Gasteiger partial charge in [-0.1, -0.05) is 67.0 Å². The van der Waals surface area contributed by atoms with Crippen LogP contribution in [0.3, 0.4) is 0 Å². The van der Waals surface area contributed by atoms with Crippen molar-refractivity contribution in [2.24, 2.45) is 56.7 Å². The van der Waals surface area contributed by atoms with Gasteiger partial charge < -0.3 is 5.11 Å². The van der Waals surface area contributed by atoms with E-state index in [1.165, 1.54) is 51.4 Å². The molecular weight excluding hydrogens is 376 g/mol. The number of aliphatic hydroxyl groups is 1. The van der Waals surface area contributed by atoms with Crippen molar-refractivity contribution in [1.29, 1.82) is 0 Å². The summed E-state index contributed by atoms with van der Waals surface area (Å²) in [6, 6.07) is 0. The van der Waals surface area contributed by atoms with Crippen molar-refractivity contribution in [3.63, 3.8) is 0 Å². The first-order chi connectivity index (χ1) is 14.3. The lowest BCUT2D eigenvalue weighted by atomic mass is 9.33. The topological polar surface area (TPSA) is 20.2 Å². The zero-order valence-corrected chi connectivity index (χ0v) is 21.9. The molecule has 0 unspecified atom stereocenters. The first-order valence-electron chi connectivity index (χ1n) is 13.7. The first-order valence-corrected chi connectivity index (χ1v) is 13.7. The third-order valence-corrected chi connectivity index (χ3v) is 13.4. The molecule has 5 rings (SSSR count). The van der Waals surface area contributed by atoms with E-state index in [4.69, 9.17) is 0 Å². The van der Waals surface area contributed by atoms with Crippen LogP contribution in [0.15, 0.2) is 11.6 Å². The number of fused-ring (bicyclic) bond motifs is 7. The molecule has 5 aliphatic rings. The Kier molecular flexibility index (Phi) is 4.82. The van der Waals surface area contributed by atoms with Crippen LogP contribution >= 0.6 is 0 Å². The van der Waals surface area contributed by atoms with Gasteiger partial charge in [-0.15, -0.1) is 0 Å². The predicted octanol–water partition coefficient (Wildman–Crippen LogP) is 8.02. The highest BCUT2D eigenvalue weighted by molar-refractivity contribution is 5.33. The van der Waals surface area contributed by atoms with Crippen molar-refractivity contribution in [2.45, 2.75) is 119 Å². The summed E-state index contributed by atoms with van der Waals surface area (Å²) in [5.74, 6) is 3.90. The van der Waals surface area contributed by atoms with E-state index in [-0.39, 0.29) is 11.5 Å². The highest BCUT2D eigenvalue weighted by Gasteiger charge is 2.67. The summed E-state index contributed by atoms with van der Waals surface area (Å²) in [4.78, 5) is 0. The molecule has 0 aliphatic heterocycles. The largest absolute Gasteiger partial charge is 0.393 e. The lowest BCUT2D eigenvalue weighted by Gasteiger charge is -2.71. The molecule has 0 heterocycles. The van der Waals surface area contributed by atoms with Crippen LogP contribution in [0.4, 0.5) is 0 Å². The maximum atomic E-state index is 10.9. The van der Waals surface area contributed by atoms with Crippen molar-refractivity contribution < 1.29 is 5.11 Å². The molecule has 31 heavy (non-hydrogen) atoms. The van der Waals surface area contributed by atoms with E-state index in [0.717, 1.165) is 30.1 Å². The van der Waals surface area contributed by atoms with Gasteiger partial charge in [0.2, 0.25) is 0 Å². The van der Waals surface area contributed by atoms with Crippen LogP contribution < -0.4 is 0 Å². The summed E-state index contributed by atoms with van der Waals surface area (Å²) < 4.78 is 0. The molecule has 0 spiro atoms. The van der Waals surface area contributed by atoms with Gasteiger partial charge in [-0.05, 0) is 114 Å². The lowest BCUT2D eigenvalue weighted by Crippen LogP contribution is -2.64. The quantitative estimate of drug-likeness (QED) is 0.389. The minimum absolute atomic E-state index is 0.0533. The summed E-state index contributed by atoms with van der Waals surface area (Å²) in [6.07, 6.45) is 14.5. The third-order valence-electron chi connectivity index (χ3n) is 13.4. The van der Waals surface area contributed by atoms with Gasteiger partial charge >= 0.3 is 0 Å². The molecule has 10 atom stereocenters. The predicted molar refractivity (Wildman–Crippen MR) is 131 cm³/mol. The molecule has 1 nitrogen and oxygen atoms in total. The Balaban J connectivity index is 1.59. The van der Waals surface area contributed by atoms with E-state index in [0.29, 0.717) is 27.6 Å². The smallest absolute Gasteiger partial charge is 0.0594 e. The SMILES string of the molecule is C[C@H]1[C@H](C)CC[C@]2(C)CC[C@]3(C)C(=CC[C@H]4[C@@]5(C)CC[C@H](O)C(C)(C)[C@@H]5CC[C@]43C)[C@H]12. The molecule has 0 aromatic carbocycles. The summed E-state index contributed by atoms with van der Waals surface area (Å²) in [6.45, 7) is 20.5. The molecule has 176 valence electrons. The molecule has 4 fully saturated rings. The minimum Gasteiger partial charge on any atom is -0.393 e. The fourth-order valence-corrected chi connectivity index (χ4v) is 10.8. The van der Waals surface area contributed by atoms with E-state index < -0.39 is 0 Å². The molecule has 0 radical (unpaired) electrons. The van der Waals surface area contributed by atoms with Crippen LogP contribution in [0.2, 0.25) is 0 Å². The number of rotatable bonds is 0. The number of aliphatic hydroxyl groups excluding tert-OH is 1. The van der Waals surface area contributed by atoms with Gasteiger partial charge in [0.15, 0.2) is 0 Å². The molecule has 0 amide bonds. The fraction of sp³-hybridized carbons (Fsp3) is 0.933. The zero-order chi connectivity index (χ0) is 22.6. The summed E-state index contributed by atoms with van der Waals surface area (Å²) in [7, 11) is 0. The molecule has 0 aromatic heterocycles. The van der Waals surface area contributed by atoms with Gasteiger partial charge in [0, 0.05) is 0 Å². The van der Waals surface area contributed by atoms with Crippen LogP contribution in [0, 0.1) is 56.7 Å². The van der Waals surface area contributed by atoms with Crippen LogP contribution in [-0.4, -0.2) is 11.2 Å². The Labute approximate surface area is 192 Å². The van der Waals surface area contributed by atoms with Crippen molar-refractivity contribution >= 4 is 0 Å². The van der Waals surface area contributed by atoms with Gasteiger partial charge in [-0.2, -0.15) is 0 Å². The fourth-order valence-electron chi connectivity index (χ4n) is 10.8. The average Bonchev–Trinajstić information content (AvgIpc) is 2.69. The van der Waals surface area contributed by atoms with Gasteiger partial charge in [0.25, 0.3) is 0 Å². The second-order valence-corrected chi connectivity index (χ2v) is 14.7. The number of hydrogen-bond acceptors (Lipinski definition) is 1. The van der Waals surface area contributed by atoms with E-state index in [1.54, 1.807) is 0 Å². The van der Waals surface area contributed by atoms with Crippen molar-refractivity contribution in [2.75, 3.05) is 0 Å². The molecule has 0 aromatic rings. The Morgan fingerprint density at radius 3 is 2.23 bits per heavy atom. The van der Waals surface area contributed by atoms with Gasteiger partial charge in [-0.25, -0.2) is 0 Å². The first kappa shape index (κ1) is 22.5. The highest BCUT2D eigenvalue weighted by atomic mass is 16.3. The Morgan fingerprint density at radius 2 is 1.52 bits per heavy atom. The maximum Gasteiger partial charge on any atom is 0.0594 e. The van der Waals surface area contributed by atoms with Crippen molar-refractivity contribution in [3.05, 3.63) is 11.6 Å². The molecule has 0 bridgehead atoms. The molecule has 4 saturated carbocycles. The van der Waals surface area contributed by atoms with E-state index in [9.17, 15) is 5.11 Å². The van der Waals surface area contributed by atoms with Crippen LogP contribution in [0.25, 0.3) is 0 Å². The van der Waals surface area contributed by atoms with Crippen LogP contribution in [0.5, 0.6) is 0 Å². The van der Waals surface area contributed by atoms with Crippen LogP contribution in [0.1, 0.15) is 113 Å². The lowest BCUT2D eigenvalue weighted by molar-refractivity contribution is -0.203. The third kappa shape index (κ3) is 2.65. The Bertz CT molecular complexity index is 779. The highest BCUT2D eigenvalue weighted by Crippen LogP contribution is 2.75. The van der Waals surface area contributed by atoms with Crippen molar-refractivity contribution in [3.8, 4) is 0 Å². The van der Waals surface area contributed by atoms with Gasteiger partial charge in [0.05, 0.1) is 6.10 Å². The minimum atomic E-state index is -0.125. The summed E-state index contributed by atoms with van der Waals surface area (Å²) >= 11 is 0. The molecule has 1 N–H and O–H groups in total. The normalized spacial score (nSPS) is 58.3. The van der Waals surface area contributed by atoms with E-state index >= 15 is 0 Å². The second-order valence-electron chi connectivity index (χ2n) is 14.7. The Hall–Kier alpha value is -0.300. The zero-order valence-electron chi connectivity index (χ0n) is 21.9. The second kappa shape index (κ2) is 6.64. The molecule has 1 heteroatoms. The molecular formula is C30H50O. The van der Waals surface area contributed by atoms with E-state index in [2.05, 4.69) is 61.5 Å². The monoisotopic (exact) mass is 426 g/mol. The van der Waals surface area contributed by atoms with Crippen LogP contribution in [-0.2, 0) is 0 Å². The maximum absolute atomic E-state index is 10.9. The average molecular weight is 427 g/mol. The Morgan fingerprint density at radius 1 is 0.806 bits per heavy atom. The molecule has 0 saturated heterocycles. The number of allylic oxidation sites excluding steroid dienone is 2. The summed E-state index contributed by atoms with van der Waals surface area (Å²) in [5.41, 5.74) is 3.60. The van der Waals surface area contributed by atoms with Crippen molar-refractivity contribution in [1.82, 2.24) is 0 Å².